The molecule has 1 aliphatic heterocycles. The van der Waals surface area contributed by atoms with Gasteiger partial charge in [0.05, 0.1) is 0 Å². The highest BCUT2D eigenvalue weighted by molar-refractivity contribution is 4.86. The smallest absolute Gasteiger partial charge is 0.0221 e. The largest absolute Gasteiger partial charge is 0.311 e. The fourth-order valence-corrected chi connectivity index (χ4v) is 3.11. The third-order valence-electron chi connectivity index (χ3n) is 4.04. The molecule has 108 valence electrons. The summed E-state index contributed by atoms with van der Waals surface area (Å²) < 4.78 is 0. The number of unbranched alkanes of at least 4 members (excludes halogenated alkanes) is 2. The molecule has 1 aliphatic rings. The van der Waals surface area contributed by atoms with E-state index >= 15 is 0 Å². The van der Waals surface area contributed by atoms with Crippen molar-refractivity contribution in [1.29, 1.82) is 0 Å². The van der Waals surface area contributed by atoms with Crippen LogP contribution >= 0.6 is 0 Å². The van der Waals surface area contributed by atoms with Crippen LogP contribution in [0.2, 0.25) is 0 Å². The van der Waals surface area contributed by atoms with E-state index in [0.717, 1.165) is 18.0 Å². The molecule has 1 fully saturated rings. The monoisotopic (exact) mass is 254 g/mol. The molecule has 1 heterocycles. The van der Waals surface area contributed by atoms with Gasteiger partial charge in [-0.1, -0.05) is 47.0 Å². The van der Waals surface area contributed by atoms with Gasteiger partial charge in [-0.25, -0.2) is 0 Å². The minimum atomic E-state index is 0.722. The van der Waals surface area contributed by atoms with Gasteiger partial charge in [0, 0.05) is 25.2 Å². The summed E-state index contributed by atoms with van der Waals surface area (Å²) in [6.07, 6.45) is 8.09. The van der Waals surface area contributed by atoms with Gasteiger partial charge < -0.3 is 5.32 Å². The minimum Gasteiger partial charge on any atom is -0.311 e. The number of nitrogens with zero attached hydrogens (tertiary/aromatic N) is 1. The Labute approximate surface area is 115 Å². The summed E-state index contributed by atoms with van der Waals surface area (Å²) in [5.41, 5.74) is 0. The van der Waals surface area contributed by atoms with E-state index in [4.69, 9.17) is 0 Å². The summed E-state index contributed by atoms with van der Waals surface area (Å²) >= 11 is 0. The maximum atomic E-state index is 3.76. The van der Waals surface area contributed by atoms with Crippen molar-refractivity contribution in [2.75, 3.05) is 19.6 Å². The second-order valence-corrected chi connectivity index (χ2v) is 6.38. The molecule has 0 aliphatic carbocycles. The first kappa shape index (κ1) is 16.0. The fourth-order valence-electron chi connectivity index (χ4n) is 3.11. The van der Waals surface area contributed by atoms with Crippen molar-refractivity contribution in [2.45, 2.75) is 78.3 Å². The molecule has 0 spiro atoms. The van der Waals surface area contributed by atoms with E-state index in [1.165, 1.54) is 58.2 Å². The lowest BCUT2D eigenvalue weighted by Gasteiger charge is -2.41. The van der Waals surface area contributed by atoms with Crippen LogP contribution in [0.5, 0.6) is 0 Å². The third kappa shape index (κ3) is 5.71. The van der Waals surface area contributed by atoms with Gasteiger partial charge in [0.2, 0.25) is 0 Å². The third-order valence-corrected chi connectivity index (χ3v) is 4.04. The predicted octanol–water partition coefficient (Wildman–Crippen LogP) is 3.67. The lowest BCUT2D eigenvalue weighted by atomic mass is 9.98. The van der Waals surface area contributed by atoms with Crippen molar-refractivity contribution in [2.24, 2.45) is 5.92 Å². The molecular formula is C16H34N2. The first-order valence-corrected chi connectivity index (χ1v) is 8.14. The van der Waals surface area contributed by atoms with Gasteiger partial charge in [-0.05, 0) is 31.7 Å². The average molecular weight is 254 g/mol. The zero-order valence-electron chi connectivity index (χ0n) is 13.0. The number of nitrogens with one attached hydrogen (secondary N) is 1. The van der Waals surface area contributed by atoms with Crippen molar-refractivity contribution in [3.63, 3.8) is 0 Å². The van der Waals surface area contributed by atoms with Crippen LogP contribution in [0.1, 0.15) is 66.2 Å². The molecule has 1 N–H and O–H groups in total. The first-order valence-electron chi connectivity index (χ1n) is 8.14. The van der Waals surface area contributed by atoms with Crippen LogP contribution in [0.25, 0.3) is 0 Å². The van der Waals surface area contributed by atoms with E-state index in [-0.39, 0.29) is 0 Å². The topological polar surface area (TPSA) is 15.3 Å². The summed E-state index contributed by atoms with van der Waals surface area (Å²) in [5, 5.41) is 3.76. The number of piperazine rings is 1. The highest BCUT2D eigenvalue weighted by Crippen LogP contribution is 2.17. The molecule has 2 heteroatoms. The minimum absolute atomic E-state index is 0.722. The van der Waals surface area contributed by atoms with E-state index in [9.17, 15) is 0 Å². The Morgan fingerprint density at radius 1 is 1.17 bits per heavy atom. The van der Waals surface area contributed by atoms with Crippen LogP contribution in [-0.2, 0) is 0 Å². The molecule has 2 unspecified atom stereocenters. The van der Waals surface area contributed by atoms with E-state index in [0.29, 0.717) is 0 Å². The highest BCUT2D eigenvalue weighted by Gasteiger charge is 2.26. The second kappa shape index (κ2) is 8.92. The number of rotatable bonds is 8. The molecule has 0 saturated carbocycles. The quantitative estimate of drug-likeness (QED) is 0.665. The van der Waals surface area contributed by atoms with Gasteiger partial charge in [-0.15, -0.1) is 0 Å². The number of hydrogen-bond donors (Lipinski definition) is 1. The maximum absolute atomic E-state index is 3.76. The number of hydrogen-bond acceptors (Lipinski definition) is 2. The zero-order chi connectivity index (χ0) is 13.4. The van der Waals surface area contributed by atoms with Gasteiger partial charge in [-0.2, -0.15) is 0 Å². The van der Waals surface area contributed by atoms with Crippen LogP contribution in [0.15, 0.2) is 0 Å². The van der Waals surface area contributed by atoms with E-state index < -0.39 is 0 Å². The molecule has 1 saturated heterocycles. The normalized spacial score (nSPS) is 25.8. The van der Waals surface area contributed by atoms with E-state index in [1.54, 1.807) is 0 Å². The Hall–Kier alpha value is -0.0800. The lowest BCUT2D eigenvalue weighted by molar-refractivity contribution is 0.113. The fraction of sp³-hybridized carbons (Fsp3) is 1.00. The van der Waals surface area contributed by atoms with E-state index in [2.05, 4.69) is 37.9 Å². The molecule has 0 aromatic rings. The van der Waals surface area contributed by atoms with Gasteiger partial charge in [-0.3, -0.25) is 4.90 Å². The van der Waals surface area contributed by atoms with Crippen molar-refractivity contribution < 1.29 is 0 Å². The summed E-state index contributed by atoms with van der Waals surface area (Å²) in [6.45, 7) is 13.1. The predicted molar refractivity (Wildman–Crippen MR) is 81.0 cm³/mol. The van der Waals surface area contributed by atoms with Crippen molar-refractivity contribution >= 4 is 0 Å². The molecule has 2 atom stereocenters. The summed E-state index contributed by atoms with van der Waals surface area (Å²) in [6, 6.07) is 1.51. The van der Waals surface area contributed by atoms with E-state index in [1.807, 2.05) is 0 Å². The molecule has 2 nitrogen and oxygen atoms in total. The van der Waals surface area contributed by atoms with Crippen molar-refractivity contribution in [3.8, 4) is 0 Å². The van der Waals surface area contributed by atoms with Gasteiger partial charge >= 0.3 is 0 Å². The summed E-state index contributed by atoms with van der Waals surface area (Å²) in [4.78, 5) is 2.77. The van der Waals surface area contributed by atoms with Crippen LogP contribution in [0.4, 0.5) is 0 Å². The maximum Gasteiger partial charge on any atom is 0.0221 e. The molecule has 1 rings (SSSR count). The SMILES string of the molecule is CCCCCN1CC(CC(C)C)NCC1CCC. The van der Waals surface area contributed by atoms with Crippen LogP contribution in [0.3, 0.4) is 0 Å². The van der Waals surface area contributed by atoms with Crippen molar-refractivity contribution in [1.82, 2.24) is 10.2 Å². The first-order chi connectivity index (χ1) is 8.67. The second-order valence-electron chi connectivity index (χ2n) is 6.38. The Morgan fingerprint density at radius 3 is 2.56 bits per heavy atom. The summed E-state index contributed by atoms with van der Waals surface area (Å²) in [7, 11) is 0. The molecule has 0 bridgehead atoms. The Morgan fingerprint density at radius 2 is 1.94 bits per heavy atom. The standard InChI is InChI=1S/C16H34N2/c1-5-7-8-10-18-13-15(11-14(3)4)17-12-16(18)9-6-2/h14-17H,5-13H2,1-4H3. The van der Waals surface area contributed by atoms with Crippen LogP contribution < -0.4 is 5.32 Å². The molecule has 18 heavy (non-hydrogen) atoms. The molecule has 0 amide bonds. The van der Waals surface area contributed by atoms with Gasteiger partial charge in [0.15, 0.2) is 0 Å². The van der Waals surface area contributed by atoms with Crippen LogP contribution in [-0.4, -0.2) is 36.6 Å². The van der Waals surface area contributed by atoms with Crippen LogP contribution in [0, 0.1) is 5.92 Å². The molecule has 0 aromatic heterocycles. The Kier molecular flexibility index (Phi) is 7.92. The van der Waals surface area contributed by atoms with Crippen molar-refractivity contribution in [3.05, 3.63) is 0 Å². The highest BCUT2D eigenvalue weighted by atomic mass is 15.2. The molecular weight excluding hydrogens is 220 g/mol. The average Bonchev–Trinajstić information content (AvgIpc) is 2.32. The lowest BCUT2D eigenvalue weighted by Crippen LogP contribution is -2.56. The summed E-state index contributed by atoms with van der Waals surface area (Å²) in [5.74, 6) is 0.808. The van der Waals surface area contributed by atoms with Gasteiger partial charge in [0.1, 0.15) is 0 Å². The molecule has 0 aromatic carbocycles. The Bertz CT molecular complexity index is 203. The Balaban J connectivity index is 2.41. The molecule has 0 radical (unpaired) electrons. The van der Waals surface area contributed by atoms with Gasteiger partial charge in [0.25, 0.3) is 0 Å². The zero-order valence-corrected chi connectivity index (χ0v) is 13.0.